The van der Waals surface area contributed by atoms with E-state index < -0.39 is 0 Å². The highest BCUT2D eigenvalue weighted by Gasteiger charge is 2.11. The Kier molecular flexibility index (Phi) is 6.40. The van der Waals surface area contributed by atoms with Gasteiger partial charge in [0.05, 0.1) is 7.11 Å². The van der Waals surface area contributed by atoms with Gasteiger partial charge in [-0.1, -0.05) is 30.3 Å². The number of ketones is 1. The number of nitrogens with zero attached hydrogens (tertiary/aromatic N) is 2. The van der Waals surface area contributed by atoms with E-state index in [1.807, 2.05) is 48.5 Å². The number of anilines is 2. The Labute approximate surface area is 208 Å². The van der Waals surface area contributed by atoms with Crippen molar-refractivity contribution in [1.82, 2.24) is 9.97 Å². The van der Waals surface area contributed by atoms with Crippen molar-refractivity contribution in [2.75, 3.05) is 12.4 Å². The standard InChI is InChI=1S/C30H23N3O3/c1-36-25-15-10-20(11-16-25)26-19-23-6-4-18-31-29(23)33-30(26)32-24-13-8-22(9-14-24)28(35)17-12-21-5-2-3-7-27(21)34/h2-19,34H,1H3,(H,31,32,33). The number of hydrogen-bond acceptors (Lipinski definition) is 6. The number of fused-ring (bicyclic) bond motifs is 1. The van der Waals surface area contributed by atoms with Gasteiger partial charge in [-0.15, -0.1) is 0 Å². The van der Waals surface area contributed by atoms with Crippen molar-refractivity contribution >= 4 is 34.4 Å². The lowest BCUT2D eigenvalue weighted by molar-refractivity contribution is 0.104. The van der Waals surface area contributed by atoms with Crippen LogP contribution in [0.5, 0.6) is 11.5 Å². The number of rotatable bonds is 7. The van der Waals surface area contributed by atoms with Crippen molar-refractivity contribution in [2.45, 2.75) is 0 Å². The van der Waals surface area contributed by atoms with Crippen molar-refractivity contribution in [1.29, 1.82) is 0 Å². The van der Waals surface area contributed by atoms with Gasteiger partial charge < -0.3 is 15.2 Å². The molecule has 2 heterocycles. The van der Waals surface area contributed by atoms with Crippen LogP contribution in [0.3, 0.4) is 0 Å². The number of carbonyl (C=O) groups excluding carboxylic acids is 1. The molecule has 5 aromatic rings. The summed E-state index contributed by atoms with van der Waals surface area (Å²) in [6.45, 7) is 0. The summed E-state index contributed by atoms with van der Waals surface area (Å²) < 4.78 is 5.29. The summed E-state index contributed by atoms with van der Waals surface area (Å²) in [4.78, 5) is 21.8. The third-order valence-electron chi connectivity index (χ3n) is 5.77. The molecule has 0 radical (unpaired) electrons. The molecular weight excluding hydrogens is 450 g/mol. The molecule has 2 N–H and O–H groups in total. The molecule has 6 nitrogen and oxygen atoms in total. The highest BCUT2D eigenvalue weighted by atomic mass is 16.5. The van der Waals surface area contributed by atoms with E-state index in [4.69, 9.17) is 9.72 Å². The summed E-state index contributed by atoms with van der Waals surface area (Å²) in [6, 6.07) is 27.8. The second kappa shape index (κ2) is 10.1. The molecule has 0 aliphatic heterocycles. The second-order valence-electron chi connectivity index (χ2n) is 8.12. The number of pyridine rings is 2. The lowest BCUT2D eigenvalue weighted by Gasteiger charge is -2.13. The quantitative estimate of drug-likeness (QED) is 0.203. The second-order valence-corrected chi connectivity index (χ2v) is 8.12. The molecule has 5 rings (SSSR count). The zero-order valence-electron chi connectivity index (χ0n) is 19.6. The molecule has 176 valence electrons. The van der Waals surface area contributed by atoms with E-state index in [0.717, 1.165) is 28.0 Å². The predicted molar refractivity (Wildman–Crippen MR) is 143 cm³/mol. The average Bonchev–Trinajstić information content (AvgIpc) is 2.92. The van der Waals surface area contributed by atoms with Gasteiger partial charge in [-0.2, -0.15) is 0 Å². The molecule has 2 aromatic heterocycles. The first-order valence-electron chi connectivity index (χ1n) is 11.4. The fourth-order valence-electron chi connectivity index (χ4n) is 3.84. The Hall–Kier alpha value is -4.97. The molecule has 6 heteroatoms. The monoisotopic (exact) mass is 473 g/mol. The molecule has 3 aromatic carbocycles. The predicted octanol–water partition coefficient (Wildman–Crippen LogP) is 6.65. The lowest BCUT2D eigenvalue weighted by atomic mass is 10.0. The normalized spacial score (nSPS) is 11.0. The van der Waals surface area contributed by atoms with E-state index in [2.05, 4.69) is 16.4 Å². The van der Waals surface area contributed by atoms with Crippen LogP contribution >= 0.6 is 0 Å². The number of allylic oxidation sites excluding steroid dienone is 1. The topological polar surface area (TPSA) is 84.3 Å². The molecular formula is C30H23N3O3. The maximum atomic E-state index is 12.6. The van der Waals surface area contributed by atoms with Gasteiger partial charge in [-0.25, -0.2) is 9.97 Å². The molecule has 0 amide bonds. The van der Waals surface area contributed by atoms with Gasteiger partial charge >= 0.3 is 0 Å². The van der Waals surface area contributed by atoms with E-state index in [0.29, 0.717) is 22.6 Å². The van der Waals surface area contributed by atoms with Crippen LogP contribution in [0.25, 0.3) is 28.2 Å². The van der Waals surface area contributed by atoms with Crippen molar-refractivity contribution in [3.63, 3.8) is 0 Å². The minimum atomic E-state index is -0.156. The summed E-state index contributed by atoms with van der Waals surface area (Å²) in [7, 11) is 1.64. The first-order valence-corrected chi connectivity index (χ1v) is 11.4. The minimum Gasteiger partial charge on any atom is -0.507 e. The Morgan fingerprint density at radius 3 is 2.47 bits per heavy atom. The van der Waals surface area contributed by atoms with Crippen molar-refractivity contribution in [3.8, 4) is 22.6 Å². The Morgan fingerprint density at radius 2 is 1.72 bits per heavy atom. The molecule has 0 unspecified atom stereocenters. The molecule has 0 saturated heterocycles. The highest BCUT2D eigenvalue weighted by Crippen LogP contribution is 2.32. The number of phenolic OH excluding ortho intramolecular Hbond substituents is 1. The third kappa shape index (κ3) is 4.93. The van der Waals surface area contributed by atoms with Crippen molar-refractivity contribution in [3.05, 3.63) is 114 Å². The first-order chi connectivity index (χ1) is 17.6. The maximum Gasteiger partial charge on any atom is 0.185 e. The van der Waals surface area contributed by atoms with E-state index in [-0.39, 0.29) is 11.5 Å². The van der Waals surface area contributed by atoms with Crippen LogP contribution in [0.2, 0.25) is 0 Å². The van der Waals surface area contributed by atoms with Crippen LogP contribution in [0, 0.1) is 0 Å². The summed E-state index contributed by atoms with van der Waals surface area (Å²) in [5, 5.41) is 14.2. The van der Waals surface area contributed by atoms with Gasteiger partial charge in [0.2, 0.25) is 0 Å². The van der Waals surface area contributed by atoms with Crippen LogP contribution in [0.4, 0.5) is 11.5 Å². The number of aromatic hydroxyl groups is 1. The SMILES string of the molecule is COc1ccc(-c2cc3cccnc3nc2Nc2ccc(C(=O)C=Cc3ccccc3O)cc2)cc1. The zero-order valence-corrected chi connectivity index (χ0v) is 19.6. The zero-order chi connectivity index (χ0) is 24.9. The number of methoxy groups -OCH3 is 1. The smallest absolute Gasteiger partial charge is 0.185 e. The number of aromatic nitrogens is 2. The fraction of sp³-hybridized carbons (Fsp3) is 0.0333. The molecule has 0 fully saturated rings. The number of phenols is 1. The minimum absolute atomic E-state index is 0.131. The Balaban J connectivity index is 1.42. The number of ether oxygens (including phenoxy) is 1. The molecule has 0 aliphatic carbocycles. The number of hydrogen-bond donors (Lipinski definition) is 2. The number of nitrogens with one attached hydrogen (secondary N) is 1. The van der Waals surface area contributed by atoms with Gasteiger partial charge in [0.25, 0.3) is 0 Å². The summed E-state index contributed by atoms with van der Waals surface area (Å²) in [6.07, 6.45) is 4.78. The van der Waals surface area contributed by atoms with Crippen LogP contribution in [0.1, 0.15) is 15.9 Å². The first kappa shape index (κ1) is 22.8. The number of benzene rings is 3. The largest absolute Gasteiger partial charge is 0.507 e. The van der Waals surface area contributed by atoms with Gasteiger partial charge in [-0.05, 0) is 78.4 Å². The molecule has 0 spiro atoms. The van der Waals surface area contributed by atoms with E-state index in [1.165, 1.54) is 6.08 Å². The lowest BCUT2D eigenvalue weighted by Crippen LogP contribution is -2.00. The third-order valence-corrected chi connectivity index (χ3v) is 5.77. The molecule has 0 atom stereocenters. The molecule has 0 bridgehead atoms. The van der Waals surface area contributed by atoms with Crippen molar-refractivity contribution in [2.24, 2.45) is 0 Å². The van der Waals surface area contributed by atoms with E-state index >= 15 is 0 Å². The van der Waals surface area contributed by atoms with E-state index in [1.54, 1.807) is 55.8 Å². The van der Waals surface area contributed by atoms with E-state index in [9.17, 15) is 9.90 Å². The number of carbonyl (C=O) groups is 1. The van der Waals surface area contributed by atoms with Crippen LogP contribution in [-0.4, -0.2) is 28.0 Å². The van der Waals surface area contributed by atoms with Gasteiger partial charge in [-0.3, -0.25) is 4.79 Å². The van der Waals surface area contributed by atoms with Crippen LogP contribution in [0.15, 0.2) is 103 Å². The van der Waals surface area contributed by atoms with Gasteiger partial charge in [0.1, 0.15) is 17.3 Å². The van der Waals surface area contributed by atoms with Crippen LogP contribution < -0.4 is 10.1 Å². The molecule has 36 heavy (non-hydrogen) atoms. The fourth-order valence-corrected chi connectivity index (χ4v) is 3.84. The summed E-state index contributed by atoms with van der Waals surface area (Å²) >= 11 is 0. The molecule has 0 aliphatic rings. The van der Waals surface area contributed by atoms with Crippen LogP contribution in [-0.2, 0) is 0 Å². The summed E-state index contributed by atoms with van der Waals surface area (Å²) in [5.74, 6) is 1.41. The highest BCUT2D eigenvalue weighted by molar-refractivity contribution is 6.07. The average molecular weight is 474 g/mol. The molecule has 0 saturated carbocycles. The van der Waals surface area contributed by atoms with Gasteiger partial charge in [0, 0.05) is 34.0 Å². The van der Waals surface area contributed by atoms with Crippen molar-refractivity contribution < 1.29 is 14.6 Å². The maximum absolute atomic E-state index is 12.6. The number of para-hydroxylation sites is 1. The Morgan fingerprint density at radius 1 is 0.944 bits per heavy atom. The summed E-state index contributed by atoms with van der Waals surface area (Å²) in [5.41, 5.74) is 4.45. The van der Waals surface area contributed by atoms with Gasteiger partial charge in [0.15, 0.2) is 11.4 Å². The Bertz CT molecular complexity index is 1560.